The molecule has 0 amide bonds. The number of hydrogen-bond acceptors (Lipinski definition) is 5. The van der Waals surface area contributed by atoms with E-state index in [1.165, 1.54) is 0 Å². The van der Waals surface area contributed by atoms with Crippen LogP contribution in [0.3, 0.4) is 0 Å². The number of rotatable bonds is 6. The zero-order valence-electron chi connectivity index (χ0n) is 30.7. The highest BCUT2D eigenvalue weighted by Gasteiger charge is 2.18. The number of pyridine rings is 1. The molecule has 0 unspecified atom stereocenters. The van der Waals surface area contributed by atoms with Gasteiger partial charge >= 0.3 is 0 Å². The Morgan fingerprint density at radius 2 is 0.789 bits per heavy atom. The molecular formula is C52H32N4O. The molecule has 0 spiro atoms. The van der Waals surface area contributed by atoms with E-state index in [0.29, 0.717) is 17.5 Å². The molecule has 8 aromatic carbocycles. The summed E-state index contributed by atoms with van der Waals surface area (Å²) in [6, 6.07) is 66.8. The average Bonchev–Trinajstić information content (AvgIpc) is 3.68. The van der Waals surface area contributed by atoms with Crippen LogP contribution in [0.4, 0.5) is 0 Å². The second-order valence-corrected chi connectivity index (χ2v) is 14.2. The first kappa shape index (κ1) is 32.7. The summed E-state index contributed by atoms with van der Waals surface area (Å²) in [5, 5.41) is 5.52. The van der Waals surface area contributed by atoms with E-state index in [1.54, 1.807) is 0 Å². The van der Waals surface area contributed by atoms with E-state index in [0.717, 1.165) is 93.8 Å². The summed E-state index contributed by atoms with van der Waals surface area (Å²) in [7, 11) is 0. The van der Waals surface area contributed by atoms with Crippen molar-refractivity contribution in [1.29, 1.82) is 0 Å². The first-order valence-electron chi connectivity index (χ1n) is 19.0. The molecule has 11 rings (SSSR count). The summed E-state index contributed by atoms with van der Waals surface area (Å²) < 4.78 is 6.51. The lowest BCUT2D eigenvalue weighted by atomic mass is 9.95. The van der Waals surface area contributed by atoms with Crippen LogP contribution in [0.2, 0.25) is 0 Å². The molecule has 0 radical (unpaired) electrons. The SMILES string of the molecule is c1ccc(-c2cccc(-c3nc(-c4ccccc4)nc(-c4ccc(-c5ccc6oc7ccc8c(-c9ccccc9)nc9ccccc9c8c7c6c5)cc4)n3)c2)cc1. The maximum Gasteiger partial charge on any atom is 0.164 e. The Morgan fingerprint density at radius 3 is 1.53 bits per heavy atom. The van der Waals surface area contributed by atoms with Crippen LogP contribution in [-0.2, 0) is 0 Å². The molecule has 0 aliphatic carbocycles. The predicted octanol–water partition coefficient (Wildman–Crippen LogP) is 13.5. The second-order valence-electron chi connectivity index (χ2n) is 14.2. The van der Waals surface area contributed by atoms with Gasteiger partial charge in [0.2, 0.25) is 0 Å². The van der Waals surface area contributed by atoms with Crippen LogP contribution in [0.5, 0.6) is 0 Å². The van der Waals surface area contributed by atoms with Gasteiger partial charge in [0.15, 0.2) is 17.5 Å². The Balaban J connectivity index is 1.02. The second kappa shape index (κ2) is 13.5. The maximum absolute atomic E-state index is 6.51. The van der Waals surface area contributed by atoms with Gasteiger partial charge in [-0.05, 0) is 58.7 Å². The third-order valence-corrected chi connectivity index (χ3v) is 10.7. The minimum absolute atomic E-state index is 0.618. The quantitative estimate of drug-likeness (QED) is 0.160. The lowest BCUT2D eigenvalue weighted by molar-refractivity contribution is 0.669. The van der Waals surface area contributed by atoms with Crippen molar-refractivity contribution in [2.75, 3.05) is 0 Å². The summed E-state index contributed by atoms with van der Waals surface area (Å²) in [6.07, 6.45) is 0. The lowest BCUT2D eigenvalue weighted by Crippen LogP contribution is -2.00. The number of nitrogens with zero attached hydrogens (tertiary/aromatic N) is 4. The molecular weight excluding hydrogens is 697 g/mol. The molecule has 0 saturated heterocycles. The molecule has 0 aliphatic rings. The van der Waals surface area contributed by atoms with E-state index >= 15 is 0 Å². The fourth-order valence-corrected chi connectivity index (χ4v) is 7.94. The molecule has 266 valence electrons. The molecule has 0 N–H and O–H groups in total. The smallest absolute Gasteiger partial charge is 0.164 e. The number of para-hydroxylation sites is 1. The van der Waals surface area contributed by atoms with Crippen LogP contribution in [0, 0.1) is 0 Å². The van der Waals surface area contributed by atoms with Gasteiger partial charge in [0.05, 0.1) is 11.2 Å². The van der Waals surface area contributed by atoms with Crippen molar-refractivity contribution in [2.45, 2.75) is 0 Å². The topological polar surface area (TPSA) is 64.7 Å². The number of benzene rings is 8. The minimum atomic E-state index is 0.618. The van der Waals surface area contributed by atoms with Gasteiger partial charge in [-0.1, -0.05) is 158 Å². The van der Waals surface area contributed by atoms with Gasteiger partial charge in [-0.25, -0.2) is 19.9 Å². The Kier molecular flexibility index (Phi) is 7.74. The highest BCUT2D eigenvalue weighted by atomic mass is 16.3. The van der Waals surface area contributed by atoms with Gasteiger partial charge in [0, 0.05) is 49.2 Å². The lowest BCUT2D eigenvalue weighted by Gasteiger charge is -2.11. The van der Waals surface area contributed by atoms with Crippen molar-refractivity contribution in [3.63, 3.8) is 0 Å². The van der Waals surface area contributed by atoms with Crippen LogP contribution >= 0.6 is 0 Å². The van der Waals surface area contributed by atoms with Gasteiger partial charge < -0.3 is 4.42 Å². The number of furan rings is 1. The van der Waals surface area contributed by atoms with Gasteiger partial charge in [0.25, 0.3) is 0 Å². The molecule has 5 heteroatoms. The van der Waals surface area contributed by atoms with E-state index in [9.17, 15) is 0 Å². The predicted molar refractivity (Wildman–Crippen MR) is 233 cm³/mol. The van der Waals surface area contributed by atoms with Crippen molar-refractivity contribution < 1.29 is 4.42 Å². The standard InChI is InChI=1S/C52H32N4O/c1-4-13-33(14-5-1)38-19-12-20-40(31-38)52-55-50(36-17-8-3-9-18-36)54-51(56-52)37-25-23-34(24-26-37)39-27-29-45-43(32-39)48-46(57-45)30-28-42-47(48)41-21-10-11-22-44(41)53-49(42)35-15-6-2-7-16-35/h1-32H. The average molecular weight is 729 g/mol. The Bertz CT molecular complexity index is 3270. The van der Waals surface area contributed by atoms with E-state index < -0.39 is 0 Å². The Labute approximate surface area is 328 Å². The molecule has 3 aromatic heterocycles. The number of hydrogen-bond donors (Lipinski definition) is 0. The first-order valence-corrected chi connectivity index (χ1v) is 19.0. The normalized spacial score (nSPS) is 11.5. The maximum atomic E-state index is 6.51. The van der Waals surface area contributed by atoms with Gasteiger partial charge in [0.1, 0.15) is 11.2 Å². The van der Waals surface area contributed by atoms with Crippen LogP contribution in [0.15, 0.2) is 199 Å². The van der Waals surface area contributed by atoms with E-state index in [1.807, 2.05) is 42.5 Å². The Hall–Kier alpha value is -7.76. The van der Waals surface area contributed by atoms with Gasteiger partial charge in [-0.15, -0.1) is 0 Å². The summed E-state index contributed by atoms with van der Waals surface area (Å²) >= 11 is 0. The van der Waals surface area contributed by atoms with Crippen molar-refractivity contribution >= 4 is 43.6 Å². The molecule has 0 aliphatic heterocycles. The molecule has 0 saturated carbocycles. The summed E-state index contributed by atoms with van der Waals surface area (Å²) in [4.78, 5) is 20.2. The van der Waals surface area contributed by atoms with Gasteiger partial charge in [-0.3, -0.25) is 0 Å². The van der Waals surface area contributed by atoms with Crippen molar-refractivity contribution in [3.05, 3.63) is 194 Å². The third kappa shape index (κ3) is 5.81. The Morgan fingerprint density at radius 1 is 0.281 bits per heavy atom. The fraction of sp³-hybridized carbons (Fsp3) is 0. The number of aromatic nitrogens is 4. The fourth-order valence-electron chi connectivity index (χ4n) is 7.94. The summed E-state index contributed by atoms with van der Waals surface area (Å²) in [5.41, 5.74) is 11.9. The minimum Gasteiger partial charge on any atom is -0.456 e. The van der Waals surface area contributed by atoms with Crippen molar-refractivity contribution in [2.24, 2.45) is 0 Å². The molecule has 5 nitrogen and oxygen atoms in total. The van der Waals surface area contributed by atoms with Crippen molar-refractivity contribution in [1.82, 2.24) is 19.9 Å². The van der Waals surface area contributed by atoms with Crippen molar-refractivity contribution in [3.8, 4) is 67.7 Å². The van der Waals surface area contributed by atoms with E-state index in [2.05, 4.69) is 152 Å². The van der Waals surface area contributed by atoms with Gasteiger partial charge in [-0.2, -0.15) is 0 Å². The zero-order valence-corrected chi connectivity index (χ0v) is 30.7. The van der Waals surface area contributed by atoms with Crippen LogP contribution in [-0.4, -0.2) is 19.9 Å². The summed E-state index contributed by atoms with van der Waals surface area (Å²) in [5.74, 6) is 1.88. The third-order valence-electron chi connectivity index (χ3n) is 10.7. The molecule has 0 fully saturated rings. The molecule has 0 bridgehead atoms. The van der Waals surface area contributed by atoms with Crippen LogP contribution in [0.25, 0.3) is 111 Å². The molecule has 0 atom stereocenters. The van der Waals surface area contributed by atoms with E-state index in [-0.39, 0.29) is 0 Å². The zero-order chi connectivity index (χ0) is 37.7. The highest BCUT2D eigenvalue weighted by molar-refractivity contribution is 6.28. The molecule has 3 heterocycles. The largest absolute Gasteiger partial charge is 0.456 e. The monoisotopic (exact) mass is 728 g/mol. The highest BCUT2D eigenvalue weighted by Crippen LogP contribution is 2.42. The van der Waals surface area contributed by atoms with Crippen LogP contribution < -0.4 is 0 Å². The van der Waals surface area contributed by atoms with Crippen LogP contribution in [0.1, 0.15) is 0 Å². The van der Waals surface area contributed by atoms with E-state index in [4.69, 9.17) is 24.4 Å². The molecule has 57 heavy (non-hydrogen) atoms. The number of fused-ring (bicyclic) bond motifs is 7. The summed E-state index contributed by atoms with van der Waals surface area (Å²) in [6.45, 7) is 0. The first-order chi connectivity index (χ1) is 28.2. The molecule has 11 aromatic rings.